The molecule has 1 aliphatic rings. The van der Waals surface area contributed by atoms with Crippen molar-refractivity contribution < 1.29 is 4.79 Å². The molecule has 0 saturated carbocycles. The van der Waals surface area contributed by atoms with Crippen LogP contribution in [0.4, 0.5) is 0 Å². The van der Waals surface area contributed by atoms with Gasteiger partial charge in [-0.3, -0.25) is 4.79 Å². The van der Waals surface area contributed by atoms with Crippen LogP contribution in [0.3, 0.4) is 0 Å². The molecule has 0 spiro atoms. The molecule has 2 rings (SSSR count). The first-order chi connectivity index (χ1) is 8.06. The van der Waals surface area contributed by atoms with Crippen molar-refractivity contribution in [1.82, 2.24) is 4.90 Å². The lowest BCUT2D eigenvalue weighted by Gasteiger charge is -2.35. The molecular weight excluding hydrogens is 210 g/mol. The molecule has 0 bridgehead atoms. The normalized spacial score (nSPS) is 24.8. The summed E-state index contributed by atoms with van der Waals surface area (Å²) in [6, 6.07) is 7.87. The van der Waals surface area contributed by atoms with Crippen molar-refractivity contribution in [2.24, 2.45) is 11.8 Å². The molecule has 0 N–H and O–H groups in total. The number of hydrogen-bond acceptors (Lipinski definition) is 1. The Hall–Kier alpha value is -1.31. The zero-order valence-corrected chi connectivity index (χ0v) is 10.9. The van der Waals surface area contributed by atoms with Gasteiger partial charge >= 0.3 is 0 Å². The molecule has 17 heavy (non-hydrogen) atoms. The minimum atomic E-state index is 0.184. The maximum atomic E-state index is 12.3. The van der Waals surface area contributed by atoms with Gasteiger partial charge in [-0.1, -0.05) is 31.5 Å². The van der Waals surface area contributed by atoms with Gasteiger partial charge in [0, 0.05) is 18.7 Å². The SMILES string of the molecule is Cc1ccc(C(=O)N2C[C@H](C)C[C@H](C)C2)cc1. The quantitative estimate of drug-likeness (QED) is 0.727. The summed E-state index contributed by atoms with van der Waals surface area (Å²) in [5, 5.41) is 0. The highest BCUT2D eigenvalue weighted by Crippen LogP contribution is 2.22. The summed E-state index contributed by atoms with van der Waals surface area (Å²) >= 11 is 0. The van der Waals surface area contributed by atoms with E-state index in [1.54, 1.807) is 0 Å². The molecule has 1 fully saturated rings. The molecular formula is C15H21NO. The second kappa shape index (κ2) is 4.91. The average molecular weight is 231 g/mol. The van der Waals surface area contributed by atoms with Crippen LogP contribution in [-0.4, -0.2) is 23.9 Å². The first kappa shape index (κ1) is 12.2. The van der Waals surface area contributed by atoms with E-state index in [0.29, 0.717) is 11.8 Å². The number of hydrogen-bond donors (Lipinski definition) is 0. The predicted molar refractivity (Wildman–Crippen MR) is 70.0 cm³/mol. The van der Waals surface area contributed by atoms with E-state index in [9.17, 15) is 4.79 Å². The topological polar surface area (TPSA) is 20.3 Å². The van der Waals surface area contributed by atoms with Crippen LogP contribution in [-0.2, 0) is 0 Å². The van der Waals surface area contributed by atoms with E-state index in [2.05, 4.69) is 13.8 Å². The zero-order valence-electron chi connectivity index (χ0n) is 10.9. The molecule has 1 saturated heterocycles. The summed E-state index contributed by atoms with van der Waals surface area (Å²) in [6.07, 6.45) is 1.23. The van der Waals surface area contributed by atoms with Gasteiger partial charge in [-0.2, -0.15) is 0 Å². The van der Waals surface area contributed by atoms with Crippen LogP contribution in [0.2, 0.25) is 0 Å². The summed E-state index contributed by atoms with van der Waals surface area (Å²) in [4.78, 5) is 14.3. The van der Waals surface area contributed by atoms with Crippen LogP contribution in [0.1, 0.15) is 36.2 Å². The fraction of sp³-hybridized carbons (Fsp3) is 0.533. The maximum Gasteiger partial charge on any atom is 0.253 e. The van der Waals surface area contributed by atoms with Gasteiger partial charge in [-0.05, 0) is 37.3 Å². The molecule has 1 aliphatic heterocycles. The fourth-order valence-electron chi connectivity index (χ4n) is 2.71. The van der Waals surface area contributed by atoms with Crippen LogP contribution < -0.4 is 0 Å². The van der Waals surface area contributed by atoms with Gasteiger partial charge < -0.3 is 4.90 Å². The molecule has 0 aromatic heterocycles. The minimum Gasteiger partial charge on any atom is -0.338 e. The van der Waals surface area contributed by atoms with Crippen molar-refractivity contribution in [1.29, 1.82) is 0 Å². The van der Waals surface area contributed by atoms with Crippen molar-refractivity contribution in [2.45, 2.75) is 27.2 Å². The van der Waals surface area contributed by atoms with E-state index in [1.165, 1.54) is 12.0 Å². The highest BCUT2D eigenvalue weighted by molar-refractivity contribution is 5.94. The number of nitrogens with zero attached hydrogens (tertiary/aromatic N) is 1. The van der Waals surface area contributed by atoms with Gasteiger partial charge in [0.2, 0.25) is 0 Å². The Bertz CT molecular complexity index is 386. The summed E-state index contributed by atoms with van der Waals surface area (Å²) in [5.74, 6) is 1.42. The number of amides is 1. The Morgan fingerprint density at radius 2 is 1.65 bits per heavy atom. The first-order valence-electron chi connectivity index (χ1n) is 6.42. The van der Waals surface area contributed by atoms with Gasteiger partial charge in [0.05, 0.1) is 0 Å². The van der Waals surface area contributed by atoms with E-state index in [1.807, 2.05) is 36.1 Å². The highest BCUT2D eigenvalue weighted by atomic mass is 16.2. The van der Waals surface area contributed by atoms with Crippen molar-refractivity contribution in [3.8, 4) is 0 Å². The number of rotatable bonds is 1. The van der Waals surface area contributed by atoms with Crippen molar-refractivity contribution in [3.05, 3.63) is 35.4 Å². The third-order valence-corrected chi connectivity index (χ3v) is 3.45. The van der Waals surface area contributed by atoms with E-state index in [0.717, 1.165) is 18.7 Å². The third kappa shape index (κ3) is 2.87. The van der Waals surface area contributed by atoms with E-state index in [4.69, 9.17) is 0 Å². The summed E-state index contributed by atoms with van der Waals surface area (Å²) in [7, 11) is 0. The minimum absolute atomic E-state index is 0.184. The van der Waals surface area contributed by atoms with E-state index < -0.39 is 0 Å². The Kier molecular flexibility index (Phi) is 3.51. The van der Waals surface area contributed by atoms with Crippen LogP contribution in [0, 0.1) is 18.8 Å². The third-order valence-electron chi connectivity index (χ3n) is 3.45. The standard InChI is InChI=1S/C15H21NO/c1-11-4-6-14(7-5-11)15(17)16-9-12(2)8-13(3)10-16/h4-7,12-13H,8-10H2,1-3H3/t12-,13+. The zero-order chi connectivity index (χ0) is 12.4. The molecule has 1 heterocycles. The number of aryl methyl sites for hydroxylation is 1. The Morgan fingerprint density at radius 3 is 2.18 bits per heavy atom. The van der Waals surface area contributed by atoms with Gasteiger partial charge in [-0.25, -0.2) is 0 Å². The van der Waals surface area contributed by atoms with Gasteiger partial charge in [0.15, 0.2) is 0 Å². The van der Waals surface area contributed by atoms with Crippen LogP contribution in [0.5, 0.6) is 0 Å². The molecule has 92 valence electrons. The summed E-state index contributed by atoms with van der Waals surface area (Å²) in [6.45, 7) is 8.30. The lowest BCUT2D eigenvalue weighted by Crippen LogP contribution is -2.42. The van der Waals surface area contributed by atoms with Gasteiger partial charge in [0.25, 0.3) is 5.91 Å². The van der Waals surface area contributed by atoms with E-state index in [-0.39, 0.29) is 5.91 Å². The molecule has 1 aromatic rings. The highest BCUT2D eigenvalue weighted by Gasteiger charge is 2.25. The molecule has 0 aliphatic carbocycles. The molecule has 1 amide bonds. The van der Waals surface area contributed by atoms with Gasteiger partial charge in [0.1, 0.15) is 0 Å². The largest absolute Gasteiger partial charge is 0.338 e. The number of benzene rings is 1. The lowest BCUT2D eigenvalue weighted by atomic mass is 9.91. The molecule has 0 unspecified atom stereocenters. The maximum absolute atomic E-state index is 12.3. The monoisotopic (exact) mass is 231 g/mol. The predicted octanol–water partition coefficient (Wildman–Crippen LogP) is 3.11. The molecule has 2 heteroatoms. The summed E-state index contributed by atoms with van der Waals surface area (Å²) < 4.78 is 0. The van der Waals surface area contributed by atoms with Crippen molar-refractivity contribution >= 4 is 5.91 Å². The van der Waals surface area contributed by atoms with Crippen molar-refractivity contribution in [3.63, 3.8) is 0 Å². The van der Waals surface area contributed by atoms with E-state index >= 15 is 0 Å². The Balaban J connectivity index is 2.11. The van der Waals surface area contributed by atoms with Crippen molar-refractivity contribution in [2.75, 3.05) is 13.1 Å². The second-order valence-corrected chi connectivity index (χ2v) is 5.52. The first-order valence-corrected chi connectivity index (χ1v) is 6.42. The molecule has 0 radical (unpaired) electrons. The van der Waals surface area contributed by atoms with Gasteiger partial charge in [-0.15, -0.1) is 0 Å². The average Bonchev–Trinajstić information content (AvgIpc) is 2.28. The summed E-state index contributed by atoms with van der Waals surface area (Å²) in [5.41, 5.74) is 2.01. The number of carbonyl (C=O) groups is 1. The Labute approximate surface area is 104 Å². The van der Waals surface area contributed by atoms with Crippen LogP contribution in [0.25, 0.3) is 0 Å². The smallest absolute Gasteiger partial charge is 0.253 e. The van der Waals surface area contributed by atoms with Crippen LogP contribution >= 0.6 is 0 Å². The fourth-order valence-corrected chi connectivity index (χ4v) is 2.71. The molecule has 1 aromatic carbocycles. The van der Waals surface area contributed by atoms with Crippen LogP contribution in [0.15, 0.2) is 24.3 Å². The lowest BCUT2D eigenvalue weighted by molar-refractivity contribution is 0.0623. The number of carbonyl (C=O) groups excluding carboxylic acids is 1. The number of likely N-dealkylation sites (tertiary alicyclic amines) is 1. The second-order valence-electron chi connectivity index (χ2n) is 5.52. The Morgan fingerprint density at radius 1 is 1.12 bits per heavy atom. The number of piperidine rings is 1. The molecule has 2 nitrogen and oxygen atoms in total. The molecule has 2 atom stereocenters.